The van der Waals surface area contributed by atoms with Gasteiger partial charge in [0.1, 0.15) is 0 Å². The van der Waals surface area contributed by atoms with Gasteiger partial charge in [0.25, 0.3) is 0 Å². The van der Waals surface area contributed by atoms with Crippen LogP contribution in [0, 0.1) is 0 Å². The average molecular weight is 309 g/mol. The summed E-state index contributed by atoms with van der Waals surface area (Å²) in [6.45, 7) is 10.6. The summed E-state index contributed by atoms with van der Waals surface area (Å²) in [6, 6.07) is 8.76. The Morgan fingerprint density at radius 3 is 2.00 bits per heavy atom. The summed E-state index contributed by atoms with van der Waals surface area (Å²) < 4.78 is 0. The van der Waals surface area contributed by atoms with Crippen LogP contribution in [0.1, 0.15) is 32.8 Å². The maximum absolute atomic E-state index is 10.4. The van der Waals surface area contributed by atoms with Gasteiger partial charge in [0.15, 0.2) is 0 Å². The smallest absolute Gasteiger partial charge is 0.327 e. The summed E-state index contributed by atoms with van der Waals surface area (Å²) in [4.78, 5) is 11.3. The molecule has 5 heteroatoms. The molecule has 1 aromatic rings. The molecule has 1 aromatic carbocycles. The third-order valence-corrected chi connectivity index (χ3v) is 3.48. The molecule has 0 radical (unpaired) electrons. The second-order valence-electron chi connectivity index (χ2n) is 4.78. The highest BCUT2D eigenvalue weighted by atomic mass is 16.5. The minimum absolute atomic E-state index is 0.278. The first-order chi connectivity index (χ1) is 10.3. The number of aliphatic carboxylic acids is 1. The number of rotatable bonds is 7. The molecular weight excluding hydrogens is 282 g/mol. The lowest BCUT2D eigenvalue weighted by Gasteiger charge is -2.38. The van der Waals surface area contributed by atoms with E-state index in [4.69, 9.17) is 5.11 Å². The van der Waals surface area contributed by atoms with E-state index in [1.54, 1.807) is 12.1 Å². The first-order valence-electron chi connectivity index (χ1n) is 7.44. The molecule has 124 valence electrons. The molecule has 0 aromatic heterocycles. The normalized spacial score (nSPS) is 12.3. The lowest BCUT2D eigenvalue weighted by molar-refractivity contribution is -0.216. The highest BCUT2D eigenvalue weighted by Gasteiger charge is 2.37. The molecule has 0 bridgehead atoms. The van der Waals surface area contributed by atoms with Crippen LogP contribution < -0.4 is 0 Å². The molecule has 0 amide bonds. The zero-order chi connectivity index (χ0) is 17.2. The van der Waals surface area contributed by atoms with E-state index in [0.29, 0.717) is 12.0 Å². The predicted octanol–water partition coefficient (Wildman–Crippen LogP) is 2.20. The van der Waals surface area contributed by atoms with Crippen molar-refractivity contribution < 1.29 is 20.1 Å². The quantitative estimate of drug-likeness (QED) is 0.531. The average Bonchev–Trinajstić information content (AvgIpc) is 2.53. The number of carboxylic acid groups (broad SMARTS) is 1. The van der Waals surface area contributed by atoms with Crippen LogP contribution in [-0.2, 0) is 10.6 Å². The van der Waals surface area contributed by atoms with Crippen molar-refractivity contribution in [2.75, 3.05) is 13.1 Å². The van der Waals surface area contributed by atoms with Gasteiger partial charge in [-0.05, 0) is 19.5 Å². The number of hydrogen-bond donors (Lipinski definition) is 3. The predicted molar refractivity (Wildman–Crippen MR) is 87.4 cm³/mol. The fourth-order valence-electron chi connectivity index (χ4n) is 2.34. The van der Waals surface area contributed by atoms with Gasteiger partial charge < -0.3 is 15.3 Å². The van der Waals surface area contributed by atoms with Gasteiger partial charge >= 0.3 is 5.97 Å². The Labute approximate surface area is 132 Å². The summed E-state index contributed by atoms with van der Waals surface area (Å²) in [5.41, 5.74) is 0.554. The monoisotopic (exact) mass is 309 g/mol. The second kappa shape index (κ2) is 10.1. The molecule has 0 heterocycles. The number of benzene rings is 1. The first-order valence-corrected chi connectivity index (χ1v) is 7.44. The SMILES string of the molecule is C=CC(=O)O.CCC(N(CC)CC)C(O)(O)c1ccccc1. The van der Waals surface area contributed by atoms with Crippen LogP contribution in [0.15, 0.2) is 43.0 Å². The maximum Gasteiger partial charge on any atom is 0.327 e. The van der Waals surface area contributed by atoms with Gasteiger partial charge in [0.05, 0.1) is 6.04 Å². The van der Waals surface area contributed by atoms with Gasteiger partial charge in [-0.25, -0.2) is 4.79 Å². The van der Waals surface area contributed by atoms with Gasteiger partial charge in [0, 0.05) is 11.6 Å². The molecule has 1 atom stereocenters. The maximum atomic E-state index is 10.4. The molecule has 0 spiro atoms. The Kier molecular flexibility index (Phi) is 9.33. The van der Waals surface area contributed by atoms with Crippen molar-refractivity contribution in [1.82, 2.24) is 4.90 Å². The lowest BCUT2D eigenvalue weighted by Crippen LogP contribution is -2.50. The number of carbonyl (C=O) groups is 1. The molecule has 0 aliphatic carbocycles. The summed E-state index contributed by atoms with van der Waals surface area (Å²) in [5, 5.41) is 28.4. The Morgan fingerprint density at radius 2 is 1.68 bits per heavy atom. The van der Waals surface area contributed by atoms with E-state index in [2.05, 4.69) is 11.5 Å². The van der Waals surface area contributed by atoms with Crippen LogP contribution in [0.3, 0.4) is 0 Å². The van der Waals surface area contributed by atoms with E-state index in [1.165, 1.54) is 0 Å². The minimum atomic E-state index is -1.79. The van der Waals surface area contributed by atoms with E-state index in [-0.39, 0.29) is 6.04 Å². The van der Waals surface area contributed by atoms with Crippen LogP contribution in [0.2, 0.25) is 0 Å². The summed E-state index contributed by atoms with van der Waals surface area (Å²) in [7, 11) is 0. The largest absolute Gasteiger partial charge is 0.478 e. The third-order valence-electron chi connectivity index (χ3n) is 3.48. The van der Waals surface area contributed by atoms with Crippen LogP contribution in [0.25, 0.3) is 0 Å². The highest BCUT2D eigenvalue weighted by Crippen LogP contribution is 2.27. The van der Waals surface area contributed by atoms with E-state index in [1.807, 2.05) is 39.0 Å². The van der Waals surface area contributed by atoms with Crippen molar-refractivity contribution in [3.63, 3.8) is 0 Å². The van der Waals surface area contributed by atoms with Gasteiger partial charge in [0.2, 0.25) is 5.79 Å². The minimum Gasteiger partial charge on any atom is -0.478 e. The van der Waals surface area contributed by atoms with Crippen molar-refractivity contribution in [1.29, 1.82) is 0 Å². The van der Waals surface area contributed by atoms with Crippen molar-refractivity contribution >= 4 is 5.97 Å². The Hall–Kier alpha value is -1.69. The van der Waals surface area contributed by atoms with Gasteiger partial charge in [-0.2, -0.15) is 0 Å². The lowest BCUT2D eigenvalue weighted by atomic mass is 9.94. The topological polar surface area (TPSA) is 81.0 Å². The molecule has 0 aliphatic heterocycles. The third kappa shape index (κ3) is 5.97. The van der Waals surface area contributed by atoms with E-state index < -0.39 is 11.8 Å². The number of nitrogens with zero attached hydrogens (tertiary/aromatic N) is 1. The number of likely N-dealkylation sites (N-methyl/N-ethyl adjacent to an activating group) is 1. The van der Waals surface area contributed by atoms with Gasteiger partial charge in [-0.3, -0.25) is 4.90 Å². The van der Waals surface area contributed by atoms with E-state index >= 15 is 0 Å². The molecular formula is C17H27NO4. The highest BCUT2D eigenvalue weighted by molar-refractivity contribution is 5.78. The second-order valence-corrected chi connectivity index (χ2v) is 4.78. The molecule has 0 saturated heterocycles. The van der Waals surface area contributed by atoms with Crippen molar-refractivity contribution in [2.45, 2.75) is 39.0 Å². The standard InChI is InChI=1S/C14H23NO2.C3H4O2/c1-4-13(15(5-2)6-3)14(16,17)12-10-8-7-9-11-12;1-2-3(4)5/h7-11,13,16-17H,4-6H2,1-3H3;2H,1H2,(H,4,5). The molecule has 0 aliphatic rings. The van der Waals surface area contributed by atoms with E-state index in [9.17, 15) is 15.0 Å². The molecule has 5 nitrogen and oxygen atoms in total. The zero-order valence-electron chi connectivity index (χ0n) is 13.6. The molecule has 3 N–H and O–H groups in total. The molecule has 0 saturated carbocycles. The summed E-state index contributed by atoms with van der Waals surface area (Å²) in [6.07, 6.45) is 1.53. The fraction of sp³-hybridized carbons (Fsp3) is 0.471. The number of carboxylic acids is 1. The summed E-state index contributed by atoms with van der Waals surface area (Å²) >= 11 is 0. The van der Waals surface area contributed by atoms with Crippen molar-refractivity contribution in [2.24, 2.45) is 0 Å². The Bertz CT molecular complexity index is 441. The van der Waals surface area contributed by atoms with Crippen LogP contribution in [0.5, 0.6) is 0 Å². The molecule has 1 rings (SSSR count). The van der Waals surface area contributed by atoms with Crippen LogP contribution >= 0.6 is 0 Å². The van der Waals surface area contributed by atoms with Gasteiger partial charge in [-0.1, -0.05) is 57.7 Å². The van der Waals surface area contributed by atoms with Crippen LogP contribution in [-0.4, -0.2) is 45.3 Å². The molecule has 0 fully saturated rings. The number of hydrogen-bond acceptors (Lipinski definition) is 4. The van der Waals surface area contributed by atoms with Crippen molar-refractivity contribution in [3.8, 4) is 0 Å². The first kappa shape index (κ1) is 20.3. The zero-order valence-corrected chi connectivity index (χ0v) is 13.6. The van der Waals surface area contributed by atoms with E-state index in [0.717, 1.165) is 19.2 Å². The molecule has 22 heavy (non-hydrogen) atoms. The number of aliphatic hydroxyl groups is 2. The Balaban J connectivity index is 0.000000763. The van der Waals surface area contributed by atoms with Crippen molar-refractivity contribution in [3.05, 3.63) is 48.6 Å². The Morgan fingerprint density at radius 1 is 1.23 bits per heavy atom. The van der Waals surface area contributed by atoms with Crippen LogP contribution in [0.4, 0.5) is 0 Å². The summed E-state index contributed by atoms with van der Waals surface area (Å²) in [5.74, 6) is -2.77. The molecule has 1 unspecified atom stereocenters. The fourth-order valence-corrected chi connectivity index (χ4v) is 2.34. The van der Waals surface area contributed by atoms with Gasteiger partial charge in [-0.15, -0.1) is 0 Å².